The second-order valence-corrected chi connectivity index (χ2v) is 8.93. The molecule has 1 fully saturated rings. The monoisotopic (exact) mass is 479 g/mol. The Bertz CT molecular complexity index is 1070. The summed E-state index contributed by atoms with van der Waals surface area (Å²) in [5.41, 5.74) is 4.15. The molecule has 1 amide bonds. The maximum absolute atomic E-state index is 12.4. The molecular weight excluding hydrogens is 446 g/mol. The fourth-order valence-corrected chi connectivity index (χ4v) is 3.92. The fourth-order valence-electron chi connectivity index (χ4n) is 3.92. The van der Waals surface area contributed by atoms with Crippen LogP contribution >= 0.6 is 0 Å². The van der Waals surface area contributed by atoms with Gasteiger partial charge in [0.2, 0.25) is 5.82 Å². The van der Waals surface area contributed by atoms with Gasteiger partial charge in [-0.15, -0.1) is 0 Å². The molecule has 1 aliphatic rings. The lowest BCUT2D eigenvalue weighted by molar-refractivity contribution is -0.122. The van der Waals surface area contributed by atoms with Crippen LogP contribution in [0.3, 0.4) is 0 Å². The average molecular weight is 480 g/mol. The number of nitrogens with zero attached hydrogens (tertiary/aromatic N) is 3. The molecule has 35 heavy (non-hydrogen) atoms. The van der Waals surface area contributed by atoms with Crippen molar-refractivity contribution in [3.8, 4) is 22.8 Å². The summed E-state index contributed by atoms with van der Waals surface area (Å²) >= 11 is 0. The van der Waals surface area contributed by atoms with Crippen LogP contribution in [-0.4, -0.2) is 45.4 Å². The number of hydrogen-bond acceptors (Lipinski definition) is 6. The first-order valence-electron chi connectivity index (χ1n) is 12.0. The molecule has 1 aromatic heterocycles. The Morgan fingerprint density at radius 2 is 1.71 bits per heavy atom. The number of benzene rings is 2. The summed E-state index contributed by atoms with van der Waals surface area (Å²) in [4.78, 5) is 27.1. The molecule has 1 heterocycles. The number of carbonyl (C=O) groups excluding carboxylic acids is 1. The predicted octanol–water partition coefficient (Wildman–Crippen LogP) is 5.81. The van der Waals surface area contributed by atoms with Gasteiger partial charge in [0.15, 0.2) is 0 Å². The smallest absolute Gasteiger partial charge is 0.410 e. The molecule has 0 unspecified atom stereocenters. The van der Waals surface area contributed by atoms with Gasteiger partial charge in [-0.25, -0.2) is 4.79 Å². The number of carbonyl (C=O) groups is 2. The highest BCUT2D eigenvalue weighted by molar-refractivity contribution is 5.68. The zero-order valence-corrected chi connectivity index (χ0v) is 20.5. The lowest BCUT2D eigenvalue weighted by Gasteiger charge is -2.36. The van der Waals surface area contributed by atoms with E-state index in [0.717, 1.165) is 36.0 Å². The van der Waals surface area contributed by atoms with E-state index < -0.39 is 0 Å². The number of carboxylic acid groups (broad SMARTS) is 1. The Hall–Kier alpha value is -3.68. The van der Waals surface area contributed by atoms with Crippen molar-refractivity contribution in [2.24, 2.45) is 5.92 Å². The van der Waals surface area contributed by atoms with Gasteiger partial charge in [0.05, 0.1) is 6.61 Å². The van der Waals surface area contributed by atoms with Crippen molar-refractivity contribution in [3.05, 3.63) is 59.7 Å². The van der Waals surface area contributed by atoms with Crippen LogP contribution in [0.4, 0.5) is 4.79 Å². The van der Waals surface area contributed by atoms with Crippen molar-refractivity contribution >= 4 is 12.6 Å². The van der Waals surface area contributed by atoms with Crippen LogP contribution in [0.25, 0.3) is 22.8 Å². The molecule has 0 bridgehead atoms. The first-order valence-corrected chi connectivity index (χ1v) is 12.0. The molecule has 0 aliphatic heterocycles. The quantitative estimate of drug-likeness (QED) is 0.406. The molecule has 4 rings (SSSR count). The van der Waals surface area contributed by atoms with Crippen LogP contribution in [0.1, 0.15) is 51.2 Å². The second-order valence-electron chi connectivity index (χ2n) is 8.93. The number of amides is 1. The zero-order valence-electron chi connectivity index (χ0n) is 20.5. The third kappa shape index (κ3) is 7.15. The van der Waals surface area contributed by atoms with Gasteiger partial charge in [0, 0.05) is 23.7 Å². The van der Waals surface area contributed by atoms with E-state index in [9.17, 15) is 4.79 Å². The summed E-state index contributed by atoms with van der Waals surface area (Å²) in [6.07, 6.45) is 4.07. The molecule has 3 aromatic rings. The second kappa shape index (κ2) is 12.7. The first-order chi connectivity index (χ1) is 16.9. The minimum Gasteiger partial charge on any atom is -0.483 e. The topological polar surface area (TPSA) is 106 Å². The van der Waals surface area contributed by atoms with E-state index >= 15 is 0 Å². The highest BCUT2D eigenvalue weighted by Gasteiger charge is 2.29. The number of aromatic nitrogens is 2. The largest absolute Gasteiger partial charge is 0.483 e. The Morgan fingerprint density at radius 1 is 1.11 bits per heavy atom. The highest BCUT2D eigenvalue weighted by Crippen LogP contribution is 2.28. The standard InChI is InChI=1S/C26H31N3O3.CH2O2/c1-4-31-26(30)29(23-6-5-7-23)17-20-10-12-21(13-11-20)24-27-25(32-28-24)22-14-8-19(9-15-22)16-18(2)3;2-1-3/h8-15,18,23H,4-7,16-17H2,1-3H3;1H,(H,2,3). The Balaban J connectivity index is 0.00000108. The lowest BCUT2D eigenvalue weighted by Crippen LogP contribution is -2.43. The normalized spacial score (nSPS) is 12.9. The van der Waals surface area contributed by atoms with Gasteiger partial charge in [0.25, 0.3) is 12.4 Å². The molecule has 1 N–H and O–H groups in total. The van der Waals surface area contributed by atoms with Gasteiger partial charge < -0.3 is 19.3 Å². The molecule has 8 nitrogen and oxygen atoms in total. The van der Waals surface area contributed by atoms with Crippen LogP contribution in [-0.2, 0) is 22.5 Å². The van der Waals surface area contributed by atoms with Crippen LogP contribution in [0.5, 0.6) is 0 Å². The predicted molar refractivity (Wildman–Crippen MR) is 133 cm³/mol. The number of ether oxygens (including phenoxy) is 1. The summed E-state index contributed by atoms with van der Waals surface area (Å²) in [5.74, 6) is 1.69. The molecule has 0 spiro atoms. The lowest BCUT2D eigenvalue weighted by atomic mass is 9.91. The van der Waals surface area contributed by atoms with Crippen molar-refractivity contribution in [1.29, 1.82) is 0 Å². The van der Waals surface area contributed by atoms with Gasteiger partial charge in [-0.3, -0.25) is 4.79 Å². The van der Waals surface area contributed by atoms with Crippen LogP contribution in [0.15, 0.2) is 53.1 Å². The van der Waals surface area contributed by atoms with E-state index in [2.05, 4.69) is 36.1 Å². The molecule has 8 heteroatoms. The fraction of sp³-hybridized carbons (Fsp3) is 0.407. The van der Waals surface area contributed by atoms with Crippen molar-refractivity contribution in [3.63, 3.8) is 0 Å². The van der Waals surface area contributed by atoms with Crippen molar-refractivity contribution < 1.29 is 24.0 Å². The third-order valence-corrected chi connectivity index (χ3v) is 5.85. The Kier molecular flexibility index (Phi) is 9.40. The van der Waals surface area contributed by atoms with Gasteiger partial charge in [-0.05, 0) is 61.8 Å². The van der Waals surface area contributed by atoms with E-state index in [1.807, 2.05) is 48.2 Å². The van der Waals surface area contributed by atoms with E-state index in [1.165, 1.54) is 12.0 Å². The van der Waals surface area contributed by atoms with Gasteiger partial charge in [-0.2, -0.15) is 4.98 Å². The van der Waals surface area contributed by atoms with Crippen molar-refractivity contribution in [2.45, 2.75) is 59.0 Å². The molecule has 0 saturated heterocycles. The highest BCUT2D eigenvalue weighted by atomic mass is 16.6. The van der Waals surface area contributed by atoms with E-state index in [-0.39, 0.29) is 18.6 Å². The van der Waals surface area contributed by atoms with Crippen molar-refractivity contribution in [2.75, 3.05) is 6.61 Å². The summed E-state index contributed by atoms with van der Waals surface area (Å²) in [7, 11) is 0. The molecule has 186 valence electrons. The molecule has 2 aromatic carbocycles. The Labute approximate surface area is 205 Å². The molecule has 1 aliphatic carbocycles. The first kappa shape index (κ1) is 25.9. The van der Waals surface area contributed by atoms with Crippen LogP contribution in [0.2, 0.25) is 0 Å². The van der Waals surface area contributed by atoms with E-state index in [1.54, 1.807) is 0 Å². The summed E-state index contributed by atoms with van der Waals surface area (Å²) < 4.78 is 10.8. The summed E-state index contributed by atoms with van der Waals surface area (Å²) in [6, 6.07) is 16.5. The molecular formula is C27H33N3O5. The molecule has 0 radical (unpaired) electrons. The van der Waals surface area contributed by atoms with Gasteiger partial charge in [-0.1, -0.05) is 55.4 Å². The van der Waals surface area contributed by atoms with E-state index in [4.69, 9.17) is 19.2 Å². The maximum atomic E-state index is 12.4. The average Bonchev–Trinajstić information content (AvgIpc) is 3.29. The third-order valence-electron chi connectivity index (χ3n) is 5.85. The number of rotatable bonds is 8. The molecule has 1 saturated carbocycles. The minimum atomic E-state index is -0.250. The van der Waals surface area contributed by atoms with Gasteiger partial charge in [0.1, 0.15) is 0 Å². The maximum Gasteiger partial charge on any atom is 0.410 e. The Morgan fingerprint density at radius 3 is 2.26 bits per heavy atom. The summed E-state index contributed by atoms with van der Waals surface area (Å²) in [6.45, 7) is 6.95. The van der Waals surface area contributed by atoms with Gasteiger partial charge >= 0.3 is 6.09 Å². The van der Waals surface area contributed by atoms with Crippen molar-refractivity contribution in [1.82, 2.24) is 15.0 Å². The molecule has 0 atom stereocenters. The van der Waals surface area contributed by atoms with Crippen LogP contribution in [0, 0.1) is 5.92 Å². The number of hydrogen-bond donors (Lipinski definition) is 1. The zero-order chi connectivity index (χ0) is 25.2. The SMILES string of the molecule is CCOC(=O)N(Cc1ccc(-c2noc(-c3ccc(CC(C)C)cc3)n2)cc1)C1CCC1.O=CO. The van der Waals surface area contributed by atoms with Crippen LogP contribution < -0.4 is 0 Å². The minimum absolute atomic E-state index is 0.233. The van der Waals surface area contributed by atoms with E-state index in [0.29, 0.717) is 30.8 Å². The summed E-state index contributed by atoms with van der Waals surface area (Å²) in [5, 5.41) is 11.0.